The zero-order valence-electron chi connectivity index (χ0n) is 19.8. The number of amides is 1. The van der Waals surface area contributed by atoms with Gasteiger partial charge in [0.2, 0.25) is 0 Å². The first-order valence-corrected chi connectivity index (χ1v) is 11.7. The molecule has 2 heterocycles. The number of aromatic nitrogens is 3. The summed E-state index contributed by atoms with van der Waals surface area (Å²) in [6.45, 7) is 1.97. The van der Waals surface area contributed by atoms with E-state index in [1.807, 2.05) is 49.4 Å². The fourth-order valence-electron chi connectivity index (χ4n) is 4.11. The Kier molecular flexibility index (Phi) is 6.32. The Hall–Kier alpha value is -4.72. The third-order valence-corrected chi connectivity index (χ3v) is 5.98. The van der Waals surface area contributed by atoms with Crippen LogP contribution in [0.25, 0.3) is 22.2 Å². The molecule has 4 N–H and O–H groups in total. The number of nitrogens with two attached hydrogens (primary N) is 1. The number of rotatable bonds is 7. The number of nitrogen functional groups attached to an aromatic ring is 1. The van der Waals surface area contributed by atoms with Gasteiger partial charge in [0.25, 0.3) is 5.91 Å². The van der Waals surface area contributed by atoms with E-state index in [2.05, 4.69) is 22.6 Å². The lowest BCUT2D eigenvalue weighted by molar-refractivity contribution is 0.0940. The molecular weight excluding hydrogens is 452 g/mol. The van der Waals surface area contributed by atoms with Crippen molar-refractivity contribution in [3.8, 4) is 5.75 Å². The lowest BCUT2D eigenvalue weighted by Gasteiger charge is -2.14. The topological polar surface area (TPSA) is 118 Å². The van der Waals surface area contributed by atoms with Gasteiger partial charge in [-0.05, 0) is 55.2 Å². The van der Waals surface area contributed by atoms with Crippen LogP contribution >= 0.6 is 0 Å². The maximum absolute atomic E-state index is 13.4. The van der Waals surface area contributed by atoms with E-state index in [0.717, 1.165) is 12.8 Å². The van der Waals surface area contributed by atoms with Gasteiger partial charge in [-0.25, -0.2) is 9.97 Å². The highest BCUT2D eigenvalue weighted by atomic mass is 16.3. The molecule has 3 aromatic carbocycles. The minimum absolute atomic E-state index is 0.0836. The molecule has 180 valence electrons. The van der Waals surface area contributed by atoms with Crippen LogP contribution in [0.3, 0.4) is 0 Å². The number of phenols is 1. The SMILES string of the molecule is C[C@H](CCc1ccccc1)NC(=O)c1c(N)n(/N=C\c2cccc(O)c2)c2nc3ccccc3nc12. The van der Waals surface area contributed by atoms with E-state index in [1.54, 1.807) is 30.5 Å². The molecule has 0 unspecified atom stereocenters. The minimum Gasteiger partial charge on any atom is -0.508 e. The van der Waals surface area contributed by atoms with Gasteiger partial charge < -0.3 is 16.2 Å². The van der Waals surface area contributed by atoms with Crippen LogP contribution in [0.4, 0.5) is 5.82 Å². The van der Waals surface area contributed by atoms with Crippen molar-refractivity contribution in [3.63, 3.8) is 0 Å². The predicted molar refractivity (Wildman–Crippen MR) is 142 cm³/mol. The summed E-state index contributed by atoms with van der Waals surface area (Å²) in [5.41, 5.74) is 10.7. The zero-order chi connectivity index (χ0) is 25.1. The predicted octanol–water partition coefficient (Wildman–Crippen LogP) is 4.51. The first-order valence-electron chi connectivity index (χ1n) is 11.7. The molecule has 0 aliphatic heterocycles. The average molecular weight is 479 g/mol. The number of nitrogens with zero attached hydrogens (tertiary/aromatic N) is 4. The van der Waals surface area contributed by atoms with Gasteiger partial charge in [-0.3, -0.25) is 4.79 Å². The molecule has 0 aliphatic rings. The summed E-state index contributed by atoms with van der Waals surface area (Å²) >= 11 is 0. The van der Waals surface area contributed by atoms with Crippen molar-refractivity contribution in [1.82, 2.24) is 20.0 Å². The molecule has 5 aromatic rings. The quantitative estimate of drug-likeness (QED) is 0.298. The summed E-state index contributed by atoms with van der Waals surface area (Å²) in [4.78, 5) is 22.8. The normalized spacial score (nSPS) is 12.4. The summed E-state index contributed by atoms with van der Waals surface area (Å²) in [5.74, 6) is -0.0574. The lowest BCUT2D eigenvalue weighted by atomic mass is 10.1. The standard InChI is InChI=1S/C28H26N6O2/c1-18(14-15-19-8-3-2-4-9-19)31-28(36)24-25-27(33-23-13-6-5-12-22(23)32-25)34(26(24)29)30-17-20-10-7-11-21(35)16-20/h2-13,16-18,35H,14-15,29H2,1H3,(H,31,36)/b30-17-/t18-/m1/s1. The van der Waals surface area contributed by atoms with Gasteiger partial charge in [0, 0.05) is 6.04 Å². The summed E-state index contributed by atoms with van der Waals surface area (Å²) in [7, 11) is 0. The number of carbonyl (C=O) groups is 1. The minimum atomic E-state index is -0.325. The van der Waals surface area contributed by atoms with Crippen molar-refractivity contribution < 1.29 is 9.90 Å². The molecule has 8 nitrogen and oxygen atoms in total. The molecule has 36 heavy (non-hydrogen) atoms. The van der Waals surface area contributed by atoms with Crippen molar-refractivity contribution in [2.24, 2.45) is 5.10 Å². The van der Waals surface area contributed by atoms with Crippen LogP contribution in [0.15, 0.2) is 84.0 Å². The molecule has 1 atom stereocenters. The number of para-hydroxylation sites is 2. The van der Waals surface area contributed by atoms with Crippen molar-refractivity contribution in [2.45, 2.75) is 25.8 Å². The Bertz CT molecular complexity index is 1580. The van der Waals surface area contributed by atoms with E-state index in [-0.39, 0.29) is 29.1 Å². The van der Waals surface area contributed by atoms with Crippen LogP contribution in [-0.4, -0.2) is 37.9 Å². The van der Waals surface area contributed by atoms with E-state index in [4.69, 9.17) is 15.7 Å². The van der Waals surface area contributed by atoms with Gasteiger partial charge >= 0.3 is 0 Å². The largest absolute Gasteiger partial charge is 0.508 e. The Morgan fingerprint density at radius 3 is 2.53 bits per heavy atom. The monoisotopic (exact) mass is 478 g/mol. The summed E-state index contributed by atoms with van der Waals surface area (Å²) in [6, 6.07) is 24.2. The third-order valence-electron chi connectivity index (χ3n) is 5.98. The molecule has 0 bridgehead atoms. The Labute approximate surface area is 208 Å². The molecule has 8 heteroatoms. The molecule has 0 radical (unpaired) electrons. The molecule has 0 saturated carbocycles. The van der Waals surface area contributed by atoms with Crippen LogP contribution in [-0.2, 0) is 6.42 Å². The Morgan fingerprint density at radius 1 is 1.06 bits per heavy atom. The number of fused-ring (bicyclic) bond motifs is 2. The number of nitrogens with one attached hydrogen (secondary N) is 1. The fraction of sp³-hybridized carbons (Fsp3) is 0.143. The number of anilines is 1. The van der Waals surface area contributed by atoms with Crippen molar-refractivity contribution in [1.29, 1.82) is 0 Å². The lowest BCUT2D eigenvalue weighted by Crippen LogP contribution is -2.33. The smallest absolute Gasteiger partial charge is 0.257 e. The number of phenolic OH excluding ortho intramolecular Hbond substituents is 1. The maximum Gasteiger partial charge on any atom is 0.257 e. The highest BCUT2D eigenvalue weighted by molar-refractivity contribution is 6.10. The molecule has 0 spiro atoms. The molecule has 1 amide bonds. The van der Waals surface area contributed by atoms with Crippen LogP contribution in [0.2, 0.25) is 0 Å². The fourth-order valence-corrected chi connectivity index (χ4v) is 4.11. The van der Waals surface area contributed by atoms with Crippen molar-refractivity contribution >= 4 is 40.1 Å². The summed E-state index contributed by atoms with van der Waals surface area (Å²) in [6.07, 6.45) is 3.17. The van der Waals surface area contributed by atoms with E-state index in [9.17, 15) is 9.90 Å². The van der Waals surface area contributed by atoms with E-state index >= 15 is 0 Å². The van der Waals surface area contributed by atoms with E-state index in [1.165, 1.54) is 10.2 Å². The molecule has 2 aromatic heterocycles. The molecular formula is C28H26N6O2. The van der Waals surface area contributed by atoms with Gasteiger partial charge in [-0.15, -0.1) is 0 Å². The van der Waals surface area contributed by atoms with Crippen LogP contribution in [0.5, 0.6) is 5.75 Å². The Balaban J connectivity index is 1.50. The number of aromatic hydroxyl groups is 1. The second-order valence-electron chi connectivity index (χ2n) is 8.69. The van der Waals surface area contributed by atoms with E-state index < -0.39 is 0 Å². The van der Waals surface area contributed by atoms with Crippen LogP contribution in [0.1, 0.15) is 34.8 Å². The molecule has 0 fully saturated rings. The van der Waals surface area contributed by atoms with Crippen molar-refractivity contribution in [2.75, 3.05) is 5.73 Å². The van der Waals surface area contributed by atoms with Gasteiger partial charge in [0.05, 0.1) is 17.2 Å². The maximum atomic E-state index is 13.4. The number of carbonyl (C=O) groups excluding carboxylic acids is 1. The number of hydrogen-bond donors (Lipinski definition) is 3. The first-order chi connectivity index (χ1) is 17.5. The second kappa shape index (κ2) is 9.87. The molecule has 5 rings (SSSR count). The highest BCUT2D eigenvalue weighted by Gasteiger charge is 2.25. The second-order valence-corrected chi connectivity index (χ2v) is 8.69. The number of benzene rings is 3. The highest BCUT2D eigenvalue weighted by Crippen LogP contribution is 2.28. The number of aryl methyl sites for hydroxylation is 1. The first kappa shape index (κ1) is 23.0. The van der Waals surface area contributed by atoms with Crippen LogP contribution < -0.4 is 11.1 Å². The average Bonchev–Trinajstić information content (AvgIpc) is 3.15. The third kappa shape index (κ3) is 4.74. The zero-order valence-corrected chi connectivity index (χ0v) is 19.8. The molecule has 0 saturated heterocycles. The van der Waals surface area contributed by atoms with Gasteiger partial charge in [0.1, 0.15) is 22.6 Å². The summed E-state index contributed by atoms with van der Waals surface area (Å²) < 4.78 is 1.42. The van der Waals surface area contributed by atoms with Gasteiger partial charge in [-0.1, -0.05) is 54.6 Å². The van der Waals surface area contributed by atoms with E-state index in [0.29, 0.717) is 27.8 Å². The molecule has 0 aliphatic carbocycles. The van der Waals surface area contributed by atoms with Gasteiger partial charge in [-0.2, -0.15) is 9.78 Å². The Morgan fingerprint density at radius 2 is 1.78 bits per heavy atom. The van der Waals surface area contributed by atoms with Crippen molar-refractivity contribution in [3.05, 3.63) is 95.6 Å². The number of hydrogen-bond acceptors (Lipinski definition) is 6. The summed E-state index contributed by atoms with van der Waals surface area (Å²) in [5, 5.41) is 17.3. The van der Waals surface area contributed by atoms with Crippen LogP contribution in [0, 0.1) is 0 Å². The van der Waals surface area contributed by atoms with Gasteiger partial charge in [0.15, 0.2) is 5.65 Å².